The summed E-state index contributed by atoms with van der Waals surface area (Å²) in [5, 5.41) is 21.7. The molecule has 1 amide bonds. The van der Waals surface area contributed by atoms with Gasteiger partial charge in [0.1, 0.15) is 6.04 Å². The number of ether oxygens (including phenoxy) is 1. The van der Waals surface area contributed by atoms with Crippen LogP contribution in [0, 0.1) is 21.4 Å². The number of hydrogen-bond donors (Lipinski definition) is 1. The first-order chi connectivity index (χ1) is 10.5. The fourth-order valence-corrected chi connectivity index (χ4v) is 1.78. The number of esters is 1. The van der Waals surface area contributed by atoms with Crippen LogP contribution in [0.3, 0.4) is 0 Å². The zero-order chi connectivity index (χ0) is 16.5. The van der Waals surface area contributed by atoms with E-state index in [1.807, 2.05) is 6.07 Å². The van der Waals surface area contributed by atoms with E-state index in [9.17, 15) is 19.7 Å². The van der Waals surface area contributed by atoms with Gasteiger partial charge in [-0.25, -0.2) is 4.79 Å². The highest BCUT2D eigenvalue weighted by molar-refractivity contribution is 5.97. The van der Waals surface area contributed by atoms with Crippen LogP contribution in [-0.2, 0) is 9.53 Å². The number of nitro groups is 1. The summed E-state index contributed by atoms with van der Waals surface area (Å²) in [6, 6.07) is 6.23. The Morgan fingerprint density at radius 3 is 2.82 bits per heavy atom. The number of benzene rings is 1. The van der Waals surface area contributed by atoms with Crippen molar-refractivity contribution in [3.05, 3.63) is 39.9 Å². The fraction of sp³-hybridized carbons (Fsp3) is 0.357. The third kappa shape index (κ3) is 4.86. The standard InChI is InChI=1S/C14H15N3O5/c1-22-14(19)12(7-2-3-8-15)16-13(18)10-5-4-6-11(9-10)17(20)21/h4-6,9,12H,2-3,7H2,1H3,(H,16,18)/t12-/m1/s1. The highest BCUT2D eigenvalue weighted by Gasteiger charge is 2.22. The summed E-state index contributed by atoms with van der Waals surface area (Å²) < 4.78 is 4.60. The topological polar surface area (TPSA) is 122 Å². The Labute approximate surface area is 126 Å². The van der Waals surface area contributed by atoms with Crippen molar-refractivity contribution in [2.24, 2.45) is 0 Å². The maximum absolute atomic E-state index is 12.1. The molecule has 0 unspecified atom stereocenters. The van der Waals surface area contributed by atoms with Crippen molar-refractivity contribution in [1.29, 1.82) is 5.26 Å². The molecule has 116 valence electrons. The number of amides is 1. The predicted molar refractivity (Wildman–Crippen MR) is 75.8 cm³/mol. The van der Waals surface area contributed by atoms with Crippen molar-refractivity contribution >= 4 is 17.6 Å². The van der Waals surface area contributed by atoms with Crippen LogP contribution in [0.4, 0.5) is 5.69 Å². The summed E-state index contributed by atoms with van der Waals surface area (Å²) in [4.78, 5) is 33.8. The van der Waals surface area contributed by atoms with Gasteiger partial charge in [0, 0.05) is 24.1 Å². The van der Waals surface area contributed by atoms with Gasteiger partial charge in [-0.2, -0.15) is 5.26 Å². The summed E-state index contributed by atoms with van der Waals surface area (Å²) in [5.74, 6) is -1.24. The molecule has 1 rings (SSSR count). The van der Waals surface area contributed by atoms with E-state index in [-0.39, 0.29) is 24.1 Å². The molecular formula is C14H15N3O5. The van der Waals surface area contributed by atoms with Gasteiger partial charge in [-0.15, -0.1) is 0 Å². The Kier molecular flexibility index (Phi) is 6.50. The first-order valence-electron chi connectivity index (χ1n) is 6.49. The molecule has 0 fully saturated rings. The summed E-state index contributed by atoms with van der Waals surface area (Å²) in [6.45, 7) is 0. The zero-order valence-electron chi connectivity index (χ0n) is 11.9. The highest BCUT2D eigenvalue weighted by atomic mass is 16.6. The molecule has 8 heteroatoms. The number of carbonyl (C=O) groups is 2. The molecule has 0 heterocycles. The van der Waals surface area contributed by atoms with E-state index in [4.69, 9.17) is 5.26 Å². The van der Waals surface area contributed by atoms with Gasteiger partial charge in [-0.05, 0) is 18.9 Å². The molecule has 22 heavy (non-hydrogen) atoms. The van der Waals surface area contributed by atoms with Gasteiger partial charge in [0.25, 0.3) is 11.6 Å². The Balaban J connectivity index is 2.81. The quantitative estimate of drug-likeness (QED) is 0.353. The van der Waals surface area contributed by atoms with Crippen molar-refractivity contribution < 1.29 is 19.2 Å². The molecule has 0 aliphatic carbocycles. The molecule has 1 atom stereocenters. The van der Waals surface area contributed by atoms with E-state index in [1.54, 1.807) is 0 Å². The van der Waals surface area contributed by atoms with Crippen LogP contribution in [0.5, 0.6) is 0 Å². The highest BCUT2D eigenvalue weighted by Crippen LogP contribution is 2.13. The minimum atomic E-state index is -0.898. The number of unbranched alkanes of at least 4 members (excludes halogenated alkanes) is 1. The van der Waals surface area contributed by atoms with Crippen LogP contribution in [0.15, 0.2) is 24.3 Å². The SMILES string of the molecule is COC(=O)[C@@H](CCCC#N)NC(=O)c1cccc([N+](=O)[O-])c1. The number of hydrogen-bond acceptors (Lipinski definition) is 6. The van der Waals surface area contributed by atoms with E-state index in [0.29, 0.717) is 6.42 Å². The van der Waals surface area contributed by atoms with Crippen molar-refractivity contribution in [3.8, 4) is 6.07 Å². The van der Waals surface area contributed by atoms with Crippen molar-refractivity contribution in [1.82, 2.24) is 5.32 Å². The van der Waals surface area contributed by atoms with Crippen LogP contribution >= 0.6 is 0 Å². The molecule has 8 nitrogen and oxygen atoms in total. The molecule has 0 saturated heterocycles. The Morgan fingerprint density at radius 2 is 2.23 bits per heavy atom. The van der Waals surface area contributed by atoms with Gasteiger partial charge in [0.15, 0.2) is 0 Å². The number of methoxy groups -OCH3 is 1. The summed E-state index contributed by atoms with van der Waals surface area (Å²) >= 11 is 0. The van der Waals surface area contributed by atoms with Crippen molar-refractivity contribution in [2.75, 3.05) is 7.11 Å². The molecule has 0 aromatic heterocycles. The maximum Gasteiger partial charge on any atom is 0.328 e. The van der Waals surface area contributed by atoms with Gasteiger partial charge >= 0.3 is 5.97 Å². The van der Waals surface area contributed by atoms with Crippen LogP contribution in [-0.4, -0.2) is 30.0 Å². The molecule has 0 spiro atoms. The largest absolute Gasteiger partial charge is 0.467 e. The zero-order valence-corrected chi connectivity index (χ0v) is 11.9. The lowest BCUT2D eigenvalue weighted by Crippen LogP contribution is -2.41. The molecule has 1 N–H and O–H groups in total. The van der Waals surface area contributed by atoms with Gasteiger partial charge < -0.3 is 10.1 Å². The number of nitriles is 1. The summed E-state index contributed by atoms with van der Waals surface area (Å²) in [7, 11) is 1.19. The number of non-ortho nitro benzene ring substituents is 1. The maximum atomic E-state index is 12.1. The van der Waals surface area contributed by atoms with Crippen molar-refractivity contribution in [2.45, 2.75) is 25.3 Å². The van der Waals surface area contributed by atoms with E-state index in [0.717, 1.165) is 6.07 Å². The number of rotatable bonds is 7. The smallest absolute Gasteiger partial charge is 0.328 e. The van der Waals surface area contributed by atoms with E-state index < -0.39 is 22.8 Å². The number of carbonyl (C=O) groups excluding carboxylic acids is 2. The number of nitro benzene ring substituents is 1. The number of nitrogens with zero attached hydrogens (tertiary/aromatic N) is 2. The monoisotopic (exact) mass is 305 g/mol. The molecule has 1 aromatic carbocycles. The second kappa shape index (κ2) is 8.36. The molecule has 0 saturated carbocycles. The normalized spacial score (nSPS) is 11.1. The second-order valence-corrected chi connectivity index (χ2v) is 4.41. The first-order valence-corrected chi connectivity index (χ1v) is 6.49. The van der Waals surface area contributed by atoms with Gasteiger partial charge in [0.2, 0.25) is 0 Å². The average molecular weight is 305 g/mol. The average Bonchev–Trinajstić information content (AvgIpc) is 2.53. The number of nitrogens with one attached hydrogen (secondary N) is 1. The van der Waals surface area contributed by atoms with Gasteiger partial charge in [-0.1, -0.05) is 6.07 Å². The Bertz CT molecular complexity index is 609. The molecule has 0 radical (unpaired) electrons. The minimum Gasteiger partial charge on any atom is -0.467 e. The lowest BCUT2D eigenvalue weighted by Gasteiger charge is -2.15. The molecule has 0 bridgehead atoms. The lowest BCUT2D eigenvalue weighted by molar-refractivity contribution is -0.384. The van der Waals surface area contributed by atoms with Gasteiger partial charge in [0.05, 0.1) is 18.1 Å². The molecule has 0 aliphatic heterocycles. The van der Waals surface area contributed by atoms with Gasteiger partial charge in [-0.3, -0.25) is 14.9 Å². The fourth-order valence-electron chi connectivity index (χ4n) is 1.78. The van der Waals surface area contributed by atoms with Crippen LogP contribution < -0.4 is 5.32 Å². The van der Waals surface area contributed by atoms with Crippen LogP contribution in [0.1, 0.15) is 29.6 Å². The van der Waals surface area contributed by atoms with E-state index in [1.165, 1.54) is 25.3 Å². The third-order valence-electron chi connectivity index (χ3n) is 2.89. The molecule has 0 aliphatic rings. The lowest BCUT2D eigenvalue weighted by atomic mass is 10.1. The minimum absolute atomic E-state index is 0.0726. The first kappa shape index (κ1) is 17.1. The third-order valence-corrected chi connectivity index (χ3v) is 2.89. The molecular weight excluding hydrogens is 290 g/mol. The Morgan fingerprint density at radius 1 is 1.50 bits per heavy atom. The van der Waals surface area contributed by atoms with E-state index in [2.05, 4.69) is 10.1 Å². The van der Waals surface area contributed by atoms with E-state index >= 15 is 0 Å². The summed E-state index contributed by atoms with van der Waals surface area (Å²) in [6.07, 6.45) is 0.923. The Hall–Kier alpha value is -2.95. The molecule has 1 aromatic rings. The second-order valence-electron chi connectivity index (χ2n) is 4.41. The van der Waals surface area contributed by atoms with Crippen LogP contribution in [0.2, 0.25) is 0 Å². The van der Waals surface area contributed by atoms with Crippen LogP contribution in [0.25, 0.3) is 0 Å². The predicted octanol–water partition coefficient (Wildman–Crippen LogP) is 1.56. The van der Waals surface area contributed by atoms with Crippen molar-refractivity contribution in [3.63, 3.8) is 0 Å². The summed E-state index contributed by atoms with van der Waals surface area (Å²) in [5.41, 5.74) is -0.143.